The molecule has 0 saturated carbocycles. The molecular weight excluding hydrogens is 306 g/mol. The zero-order valence-electron chi connectivity index (χ0n) is 14.4. The molecule has 6 heteroatoms. The Hall–Kier alpha value is -1.24. The van der Waals surface area contributed by atoms with Crippen LogP contribution in [-0.2, 0) is 13.1 Å². The molecule has 0 unspecified atom stereocenters. The number of aryl methyl sites for hydroxylation is 1. The van der Waals surface area contributed by atoms with E-state index in [1.807, 2.05) is 11.7 Å². The lowest BCUT2D eigenvalue weighted by Crippen LogP contribution is -2.39. The highest BCUT2D eigenvalue weighted by Crippen LogP contribution is 2.26. The third-order valence-corrected chi connectivity index (χ3v) is 5.76. The van der Waals surface area contributed by atoms with Crippen LogP contribution in [0.15, 0.2) is 17.8 Å². The van der Waals surface area contributed by atoms with Gasteiger partial charge in [-0.05, 0) is 32.5 Å². The number of aromatic nitrogens is 3. The van der Waals surface area contributed by atoms with Crippen LogP contribution in [0.3, 0.4) is 0 Å². The van der Waals surface area contributed by atoms with E-state index in [0.717, 1.165) is 45.7 Å². The molecule has 1 aliphatic heterocycles. The van der Waals surface area contributed by atoms with Gasteiger partial charge in [-0.15, -0.1) is 11.3 Å². The van der Waals surface area contributed by atoms with Gasteiger partial charge in [0.05, 0.1) is 22.9 Å². The van der Waals surface area contributed by atoms with Crippen molar-refractivity contribution >= 4 is 11.3 Å². The monoisotopic (exact) mass is 333 g/mol. The summed E-state index contributed by atoms with van der Waals surface area (Å²) in [4.78, 5) is 10.8. The summed E-state index contributed by atoms with van der Waals surface area (Å²) in [7, 11) is 0. The van der Waals surface area contributed by atoms with Crippen LogP contribution in [0, 0.1) is 6.92 Å². The maximum Gasteiger partial charge on any atom is 0.0798 e. The van der Waals surface area contributed by atoms with Crippen LogP contribution >= 0.6 is 11.3 Å². The summed E-state index contributed by atoms with van der Waals surface area (Å²) in [6.07, 6.45) is 3.11. The van der Waals surface area contributed by atoms with Gasteiger partial charge in [0.2, 0.25) is 0 Å². The average Bonchev–Trinajstić information content (AvgIpc) is 3.18. The normalized spacial score (nSPS) is 18.5. The Bertz CT molecular complexity index is 616. The molecule has 1 aliphatic rings. The van der Waals surface area contributed by atoms with Gasteiger partial charge in [-0.1, -0.05) is 13.8 Å². The standard InChI is InChI=1S/C17H27N5S/c1-4-20(5-2)9-7-16-11-21(10-15-6-8-19-22(15)16)12-17-14(3)18-13-23-17/h6,8,13,16H,4-5,7,9-12H2,1-3H3/t16-/m0/s1. The maximum atomic E-state index is 4.58. The van der Waals surface area contributed by atoms with Crippen LogP contribution in [0.4, 0.5) is 0 Å². The first kappa shape index (κ1) is 16.6. The van der Waals surface area contributed by atoms with Gasteiger partial charge in [-0.2, -0.15) is 5.10 Å². The number of hydrogen-bond acceptors (Lipinski definition) is 5. The van der Waals surface area contributed by atoms with Crippen molar-refractivity contribution in [1.29, 1.82) is 0 Å². The smallest absolute Gasteiger partial charge is 0.0798 e. The lowest BCUT2D eigenvalue weighted by molar-refractivity contribution is 0.151. The Morgan fingerprint density at radius 2 is 2.17 bits per heavy atom. The van der Waals surface area contributed by atoms with Crippen molar-refractivity contribution in [3.63, 3.8) is 0 Å². The van der Waals surface area contributed by atoms with Gasteiger partial charge in [-0.25, -0.2) is 4.98 Å². The van der Waals surface area contributed by atoms with Crippen LogP contribution in [0.25, 0.3) is 0 Å². The van der Waals surface area contributed by atoms with Crippen molar-refractivity contribution < 1.29 is 0 Å². The highest BCUT2D eigenvalue weighted by atomic mass is 32.1. The summed E-state index contributed by atoms with van der Waals surface area (Å²) < 4.78 is 2.25. The van der Waals surface area contributed by atoms with Crippen molar-refractivity contribution in [2.75, 3.05) is 26.2 Å². The van der Waals surface area contributed by atoms with Gasteiger partial charge < -0.3 is 4.90 Å². The molecule has 2 aromatic rings. The van der Waals surface area contributed by atoms with E-state index in [-0.39, 0.29) is 0 Å². The summed E-state index contributed by atoms with van der Waals surface area (Å²) in [5.41, 5.74) is 4.47. The van der Waals surface area contributed by atoms with E-state index in [2.05, 4.69) is 51.4 Å². The van der Waals surface area contributed by atoms with Crippen molar-refractivity contribution in [2.45, 2.75) is 46.3 Å². The second kappa shape index (κ2) is 7.55. The second-order valence-electron chi connectivity index (χ2n) is 6.27. The van der Waals surface area contributed by atoms with Crippen LogP contribution in [-0.4, -0.2) is 50.7 Å². The molecule has 0 radical (unpaired) electrons. The molecule has 0 N–H and O–H groups in total. The minimum Gasteiger partial charge on any atom is -0.304 e. The Balaban J connectivity index is 1.68. The quantitative estimate of drug-likeness (QED) is 0.781. The molecule has 5 nitrogen and oxygen atoms in total. The zero-order valence-corrected chi connectivity index (χ0v) is 15.2. The molecule has 126 valence electrons. The first-order chi connectivity index (χ1) is 11.2. The highest BCUT2D eigenvalue weighted by Gasteiger charge is 2.26. The van der Waals surface area contributed by atoms with E-state index in [9.17, 15) is 0 Å². The fraction of sp³-hybridized carbons (Fsp3) is 0.647. The summed E-state index contributed by atoms with van der Waals surface area (Å²) in [6, 6.07) is 2.64. The Labute approximate surface area is 142 Å². The summed E-state index contributed by atoms with van der Waals surface area (Å²) in [6.45, 7) is 13.0. The van der Waals surface area contributed by atoms with Crippen LogP contribution < -0.4 is 0 Å². The van der Waals surface area contributed by atoms with E-state index in [1.165, 1.54) is 16.3 Å². The first-order valence-corrected chi connectivity index (χ1v) is 9.45. The van der Waals surface area contributed by atoms with Crippen LogP contribution in [0.1, 0.15) is 42.6 Å². The SMILES string of the molecule is CCN(CC)CC[C@H]1CN(Cc2scnc2C)Cc2ccnn21. The van der Waals surface area contributed by atoms with Crippen LogP contribution in [0.2, 0.25) is 0 Å². The van der Waals surface area contributed by atoms with Gasteiger partial charge in [0, 0.05) is 37.3 Å². The van der Waals surface area contributed by atoms with E-state index >= 15 is 0 Å². The molecule has 23 heavy (non-hydrogen) atoms. The molecule has 1 atom stereocenters. The van der Waals surface area contributed by atoms with Crippen LogP contribution in [0.5, 0.6) is 0 Å². The fourth-order valence-electron chi connectivity index (χ4n) is 3.35. The number of nitrogens with zero attached hydrogens (tertiary/aromatic N) is 5. The van der Waals surface area contributed by atoms with E-state index in [4.69, 9.17) is 0 Å². The van der Waals surface area contributed by atoms with Gasteiger partial charge >= 0.3 is 0 Å². The number of fused-ring (bicyclic) bond motifs is 1. The number of rotatable bonds is 7. The van der Waals surface area contributed by atoms with E-state index < -0.39 is 0 Å². The molecule has 3 heterocycles. The van der Waals surface area contributed by atoms with Crippen molar-refractivity contribution in [3.8, 4) is 0 Å². The molecule has 0 amide bonds. The second-order valence-corrected chi connectivity index (χ2v) is 7.21. The lowest BCUT2D eigenvalue weighted by Gasteiger charge is -2.34. The molecule has 3 rings (SSSR count). The highest BCUT2D eigenvalue weighted by molar-refractivity contribution is 7.09. The minimum absolute atomic E-state index is 0.475. The molecule has 2 aromatic heterocycles. The predicted molar refractivity (Wildman–Crippen MR) is 94.6 cm³/mol. The third-order valence-electron chi connectivity index (χ3n) is 4.84. The molecule has 0 bridgehead atoms. The average molecular weight is 334 g/mol. The predicted octanol–water partition coefficient (Wildman–Crippen LogP) is 2.94. The number of thiazole rings is 1. The van der Waals surface area contributed by atoms with Crippen molar-refractivity contribution in [2.24, 2.45) is 0 Å². The van der Waals surface area contributed by atoms with E-state index in [1.54, 1.807) is 11.3 Å². The molecule has 0 aromatic carbocycles. The van der Waals surface area contributed by atoms with Crippen molar-refractivity contribution in [3.05, 3.63) is 34.0 Å². The first-order valence-electron chi connectivity index (χ1n) is 8.57. The molecular formula is C17H27N5S. The van der Waals surface area contributed by atoms with Gasteiger partial charge in [-0.3, -0.25) is 9.58 Å². The Kier molecular flexibility index (Phi) is 5.46. The molecule has 0 aliphatic carbocycles. The Morgan fingerprint density at radius 3 is 2.87 bits per heavy atom. The van der Waals surface area contributed by atoms with E-state index in [0.29, 0.717) is 6.04 Å². The van der Waals surface area contributed by atoms with Gasteiger partial charge in [0.25, 0.3) is 0 Å². The largest absolute Gasteiger partial charge is 0.304 e. The molecule has 0 fully saturated rings. The third kappa shape index (κ3) is 3.82. The lowest BCUT2D eigenvalue weighted by atomic mass is 10.1. The Morgan fingerprint density at radius 1 is 1.35 bits per heavy atom. The summed E-state index contributed by atoms with van der Waals surface area (Å²) in [5.74, 6) is 0. The number of hydrogen-bond donors (Lipinski definition) is 0. The topological polar surface area (TPSA) is 37.2 Å². The van der Waals surface area contributed by atoms with Crippen molar-refractivity contribution in [1.82, 2.24) is 24.6 Å². The minimum atomic E-state index is 0.475. The fourth-order valence-corrected chi connectivity index (χ4v) is 4.17. The molecule has 0 saturated heterocycles. The maximum absolute atomic E-state index is 4.58. The summed E-state index contributed by atoms with van der Waals surface area (Å²) in [5, 5.41) is 4.58. The van der Waals surface area contributed by atoms with Gasteiger partial charge in [0.1, 0.15) is 0 Å². The summed E-state index contributed by atoms with van der Waals surface area (Å²) >= 11 is 1.77. The van der Waals surface area contributed by atoms with Gasteiger partial charge in [0.15, 0.2) is 0 Å². The zero-order chi connectivity index (χ0) is 16.2. The molecule has 0 spiro atoms.